The predicted octanol–water partition coefficient (Wildman–Crippen LogP) is 4.25. The number of carbonyl (C=O) groups is 1. The molecule has 1 atom stereocenters. The molecule has 1 aliphatic carbocycles. The quantitative estimate of drug-likeness (QED) is 0.841. The van der Waals surface area contributed by atoms with Gasteiger partial charge in [-0.05, 0) is 42.9 Å². The zero-order valence-corrected chi connectivity index (χ0v) is 15.1. The van der Waals surface area contributed by atoms with E-state index in [9.17, 15) is 4.79 Å². The monoisotopic (exact) mass is 356 g/mol. The van der Waals surface area contributed by atoms with Crippen molar-refractivity contribution in [1.82, 2.24) is 5.32 Å². The molecule has 0 spiro atoms. The molecule has 1 aliphatic rings. The molecule has 132 valence electrons. The average Bonchev–Trinajstić information content (AvgIpc) is 2.63. The Morgan fingerprint density at radius 1 is 1.04 bits per heavy atom. The maximum absolute atomic E-state index is 12.7. The first-order valence-electron chi connectivity index (χ1n) is 8.98. The molecule has 0 saturated heterocycles. The Kier molecular flexibility index (Phi) is 6.11. The Balaban J connectivity index is 1.74. The van der Waals surface area contributed by atoms with Crippen molar-refractivity contribution in [2.24, 2.45) is 5.73 Å². The van der Waals surface area contributed by atoms with Crippen LogP contribution in [0.2, 0.25) is 5.02 Å². The van der Waals surface area contributed by atoms with E-state index in [1.54, 1.807) is 0 Å². The normalized spacial score (nSPS) is 21.5. The molecule has 2 aromatic carbocycles. The molecular weight excluding hydrogens is 332 g/mol. The fourth-order valence-corrected chi connectivity index (χ4v) is 3.85. The molecule has 0 aliphatic heterocycles. The molecule has 25 heavy (non-hydrogen) atoms. The van der Waals surface area contributed by atoms with Crippen molar-refractivity contribution in [3.05, 3.63) is 70.7 Å². The number of amides is 1. The summed E-state index contributed by atoms with van der Waals surface area (Å²) in [6.45, 7) is 0. The van der Waals surface area contributed by atoms with E-state index in [-0.39, 0.29) is 23.9 Å². The fourth-order valence-electron chi connectivity index (χ4n) is 3.59. The van der Waals surface area contributed by atoms with Gasteiger partial charge in [-0.3, -0.25) is 4.79 Å². The summed E-state index contributed by atoms with van der Waals surface area (Å²) in [5.74, 6) is 0.0370. The fraction of sp³-hybridized carbons (Fsp3) is 0.381. The number of benzene rings is 2. The second kappa shape index (κ2) is 8.50. The van der Waals surface area contributed by atoms with Gasteiger partial charge in [0, 0.05) is 29.4 Å². The molecule has 3 nitrogen and oxygen atoms in total. The third kappa shape index (κ3) is 4.83. The molecule has 1 amide bonds. The number of rotatable bonds is 5. The van der Waals surface area contributed by atoms with Crippen molar-refractivity contribution < 1.29 is 4.79 Å². The van der Waals surface area contributed by atoms with Crippen LogP contribution in [0.1, 0.15) is 49.1 Å². The van der Waals surface area contributed by atoms with Crippen LogP contribution in [-0.2, 0) is 4.79 Å². The summed E-state index contributed by atoms with van der Waals surface area (Å²) in [4.78, 5) is 12.7. The Labute approximate surface area is 154 Å². The Morgan fingerprint density at radius 3 is 2.36 bits per heavy atom. The molecule has 0 radical (unpaired) electrons. The number of hydrogen-bond acceptors (Lipinski definition) is 2. The van der Waals surface area contributed by atoms with E-state index in [1.165, 1.54) is 0 Å². The maximum atomic E-state index is 12.7. The molecule has 3 rings (SSSR count). The van der Waals surface area contributed by atoms with Gasteiger partial charge in [-0.15, -0.1) is 0 Å². The minimum atomic E-state index is -0.0410. The van der Waals surface area contributed by atoms with Crippen LogP contribution >= 0.6 is 11.6 Å². The molecule has 1 saturated carbocycles. The lowest BCUT2D eigenvalue weighted by Crippen LogP contribution is -2.40. The number of halogens is 1. The molecule has 0 aromatic heterocycles. The molecule has 0 heterocycles. The van der Waals surface area contributed by atoms with Crippen molar-refractivity contribution >= 4 is 17.5 Å². The van der Waals surface area contributed by atoms with Gasteiger partial charge >= 0.3 is 0 Å². The number of nitrogens with one attached hydrogen (secondary N) is 1. The Morgan fingerprint density at radius 2 is 1.68 bits per heavy atom. The lowest BCUT2D eigenvalue weighted by molar-refractivity contribution is -0.122. The first kappa shape index (κ1) is 18.0. The minimum Gasteiger partial charge on any atom is -0.353 e. The van der Waals surface area contributed by atoms with E-state index in [0.29, 0.717) is 11.4 Å². The molecular formula is C21H25ClN2O. The largest absolute Gasteiger partial charge is 0.353 e. The summed E-state index contributed by atoms with van der Waals surface area (Å²) >= 11 is 6.41. The molecule has 0 bridgehead atoms. The lowest BCUT2D eigenvalue weighted by Gasteiger charge is -2.27. The second-order valence-corrected chi connectivity index (χ2v) is 7.28. The zero-order chi connectivity index (χ0) is 17.6. The second-order valence-electron chi connectivity index (χ2n) is 6.87. The van der Waals surface area contributed by atoms with Crippen LogP contribution in [-0.4, -0.2) is 18.0 Å². The highest BCUT2D eigenvalue weighted by Gasteiger charge is 2.24. The third-order valence-electron chi connectivity index (χ3n) is 5.01. The minimum absolute atomic E-state index is 0.0410. The number of nitrogens with two attached hydrogens (primary N) is 1. The Bertz CT molecular complexity index is 696. The van der Waals surface area contributed by atoms with Crippen molar-refractivity contribution in [3.63, 3.8) is 0 Å². The van der Waals surface area contributed by atoms with Gasteiger partial charge in [-0.25, -0.2) is 0 Å². The zero-order valence-electron chi connectivity index (χ0n) is 14.3. The molecule has 2 aromatic rings. The summed E-state index contributed by atoms with van der Waals surface area (Å²) in [6, 6.07) is 18.4. The van der Waals surface area contributed by atoms with Gasteiger partial charge in [0.15, 0.2) is 0 Å². The van der Waals surface area contributed by atoms with Gasteiger partial charge in [-0.2, -0.15) is 0 Å². The topological polar surface area (TPSA) is 55.1 Å². The summed E-state index contributed by atoms with van der Waals surface area (Å²) < 4.78 is 0. The van der Waals surface area contributed by atoms with E-state index < -0.39 is 0 Å². The van der Waals surface area contributed by atoms with E-state index >= 15 is 0 Å². The predicted molar refractivity (Wildman–Crippen MR) is 103 cm³/mol. The standard InChI is InChI=1S/C21H25ClN2O/c22-20-9-5-4-8-18(20)19(15-6-2-1-3-7-15)14-21(25)24-17-12-10-16(23)11-13-17/h1-9,16-17,19H,10-14,23H2,(H,24,25)/t16?,17?,19-/m0/s1. The summed E-state index contributed by atoms with van der Waals surface area (Å²) in [6.07, 6.45) is 4.30. The van der Waals surface area contributed by atoms with Gasteiger partial charge in [0.2, 0.25) is 5.91 Å². The third-order valence-corrected chi connectivity index (χ3v) is 5.35. The van der Waals surface area contributed by atoms with Gasteiger partial charge in [0.05, 0.1) is 0 Å². The van der Waals surface area contributed by atoms with Crippen LogP contribution in [0.15, 0.2) is 54.6 Å². The Hall–Kier alpha value is -1.84. The van der Waals surface area contributed by atoms with Gasteiger partial charge in [0.1, 0.15) is 0 Å². The summed E-state index contributed by atoms with van der Waals surface area (Å²) in [5.41, 5.74) is 8.05. The summed E-state index contributed by atoms with van der Waals surface area (Å²) in [7, 11) is 0. The van der Waals surface area contributed by atoms with Crippen LogP contribution in [0.3, 0.4) is 0 Å². The molecule has 3 N–H and O–H groups in total. The first-order valence-corrected chi connectivity index (χ1v) is 9.35. The van der Waals surface area contributed by atoms with Crippen LogP contribution in [0, 0.1) is 0 Å². The number of carbonyl (C=O) groups excluding carboxylic acids is 1. The molecule has 0 unspecified atom stereocenters. The maximum Gasteiger partial charge on any atom is 0.221 e. The van der Waals surface area contributed by atoms with Crippen molar-refractivity contribution in [3.8, 4) is 0 Å². The van der Waals surface area contributed by atoms with Gasteiger partial charge in [-0.1, -0.05) is 60.1 Å². The van der Waals surface area contributed by atoms with Gasteiger partial charge < -0.3 is 11.1 Å². The molecule has 1 fully saturated rings. The first-order chi connectivity index (χ1) is 12.1. The van der Waals surface area contributed by atoms with E-state index in [0.717, 1.165) is 36.8 Å². The van der Waals surface area contributed by atoms with E-state index in [4.69, 9.17) is 17.3 Å². The highest BCUT2D eigenvalue weighted by molar-refractivity contribution is 6.31. The van der Waals surface area contributed by atoms with E-state index in [2.05, 4.69) is 17.4 Å². The smallest absolute Gasteiger partial charge is 0.221 e. The SMILES string of the molecule is NC1CCC(NC(=O)C[C@@H](c2ccccc2)c2ccccc2Cl)CC1. The average molecular weight is 357 g/mol. The van der Waals surface area contributed by atoms with Crippen molar-refractivity contribution in [2.75, 3.05) is 0 Å². The van der Waals surface area contributed by atoms with Crippen LogP contribution in [0.25, 0.3) is 0 Å². The van der Waals surface area contributed by atoms with Gasteiger partial charge in [0.25, 0.3) is 0 Å². The highest BCUT2D eigenvalue weighted by Crippen LogP contribution is 2.33. The highest BCUT2D eigenvalue weighted by atomic mass is 35.5. The lowest BCUT2D eigenvalue weighted by atomic mass is 9.87. The molecule has 4 heteroatoms. The van der Waals surface area contributed by atoms with Crippen LogP contribution < -0.4 is 11.1 Å². The number of hydrogen-bond donors (Lipinski definition) is 2. The summed E-state index contributed by atoms with van der Waals surface area (Å²) in [5, 5.41) is 3.89. The van der Waals surface area contributed by atoms with Crippen LogP contribution in [0.5, 0.6) is 0 Å². The van der Waals surface area contributed by atoms with Crippen LogP contribution in [0.4, 0.5) is 0 Å². The van der Waals surface area contributed by atoms with E-state index in [1.807, 2.05) is 42.5 Å². The van der Waals surface area contributed by atoms with Crippen molar-refractivity contribution in [1.29, 1.82) is 0 Å². The van der Waals surface area contributed by atoms with Crippen molar-refractivity contribution in [2.45, 2.75) is 50.1 Å².